The first-order valence-corrected chi connectivity index (χ1v) is 6.28. The molecule has 1 saturated carbocycles. The molecule has 2 atom stereocenters. The van der Waals surface area contributed by atoms with Crippen molar-refractivity contribution >= 4 is 21.9 Å². The molecule has 2 unspecified atom stereocenters. The Morgan fingerprint density at radius 3 is 2.53 bits per heavy atom. The van der Waals surface area contributed by atoms with Gasteiger partial charge >= 0.3 is 5.97 Å². The zero-order chi connectivity index (χ0) is 12.6. The highest BCUT2D eigenvalue weighted by atomic mass is 79.9. The molecular weight excluding hydrogens is 284 g/mol. The lowest BCUT2D eigenvalue weighted by Gasteiger charge is -2.15. The maximum atomic E-state index is 11.9. The summed E-state index contributed by atoms with van der Waals surface area (Å²) in [4.78, 5) is 11.9. The van der Waals surface area contributed by atoms with Gasteiger partial charge in [0.2, 0.25) is 0 Å². The quantitative estimate of drug-likeness (QED) is 0.805. The van der Waals surface area contributed by atoms with E-state index in [4.69, 9.17) is 9.47 Å². The molecule has 0 amide bonds. The average Bonchev–Trinajstić information content (AvgIpc) is 3.01. The molecule has 4 heteroatoms. The first-order chi connectivity index (χ1) is 8.06. The van der Waals surface area contributed by atoms with E-state index in [1.807, 2.05) is 18.2 Å². The van der Waals surface area contributed by atoms with Crippen molar-refractivity contribution < 1.29 is 14.3 Å². The van der Waals surface area contributed by atoms with Crippen LogP contribution in [0.5, 0.6) is 5.75 Å². The largest absolute Gasteiger partial charge is 0.496 e. The molecule has 0 bridgehead atoms. The fourth-order valence-electron chi connectivity index (χ4n) is 2.35. The number of halogens is 1. The fraction of sp³-hybridized carbons (Fsp3) is 0.462. The maximum absolute atomic E-state index is 11.9. The van der Waals surface area contributed by atoms with E-state index in [1.54, 1.807) is 7.11 Å². The molecule has 0 heterocycles. The minimum atomic E-state index is -0.455. The molecule has 1 aromatic rings. The minimum Gasteiger partial charge on any atom is -0.496 e. The topological polar surface area (TPSA) is 35.5 Å². The van der Waals surface area contributed by atoms with Crippen molar-refractivity contribution in [2.75, 3.05) is 14.2 Å². The Hall–Kier alpha value is -1.03. The van der Waals surface area contributed by atoms with E-state index in [0.29, 0.717) is 5.92 Å². The van der Waals surface area contributed by atoms with E-state index in [1.165, 1.54) is 7.11 Å². The Labute approximate surface area is 109 Å². The van der Waals surface area contributed by atoms with Crippen LogP contribution in [0, 0.1) is 5.92 Å². The third-order valence-corrected chi connectivity index (χ3v) is 4.15. The van der Waals surface area contributed by atoms with Crippen LogP contribution >= 0.6 is 15.9 Å². The Balaban J connectivity index is 2.40. The van der Waals surface area contributed by atoms with Crippen LogP contribution < -0.4 is 4.74 Å². The van der Waals surface area contributed by atoms with Crippen molar-refractivity contribution in [3.05, 3.63) is 28.2 Å². The van der Waals surface area contributed by atoms with Gasteiger partial charge in [-0.15, -0.1) is 0 Å². The van der Waals surface area contributed by atoms with Gasteiger partial charge in [0.25, 0.3) is 0 Å². The summed E-state index contributed by atoms with van der Waals surface area (Å²) in [5, 5.41) is 0. The summed E-state index contributed by atoms with van der Waals surface area (Å²) in [5.74, 6) is 0.944. The zero-order valence-electron chi connectivity index (χ0n) is 10.1. The number of carbonyl (C=O) groups excluding carboxylic acids is 1. The van der Waals surface area contributed by atoms with Crippen LogP contribution in [0.25, 0.3) is 0 Å². The van der Waals surface area contributed by atoms with E-state index in [2.05, 4.69) is 22.9 Å². The lowest BCUT2D eigenvalue weighted by molar-refractivity contribution is -0.144. The molecule has 17 heavy (non-hydrogen) atoms. The maximum Gasteiger partial charge on any atom is 0.316 e. The molecule has 0 radical (unpaired) electrons. The number of benzene rings is 1. The van der Waals surface area contributed by atoms with Crippen molar-refractivity contribution in [2.45, 2.75) is 18.8 Å². The number of methoxy groups -OCH3 is 2. The van der Waals surface area contributed by atoms with E-state index in [0.717, 1.165) is 22.2 Å². The molecule has 0 N–H and O–H groups in total. The lowest BCUT2D eigenvalue weighted by atomic mass is 9.93. The van der Waals surface area contributed by atoms with Crippen LogP contribution in [-0.2, 0) is 14.9 Å². The van der Waals surface area contributed by atoms with Crippen molar-refractivity contribution in [3.8, 4) is 5.75 Å². The van der Waals surface area contributed by atoms with Gasteiger partial charge in [-0.3, -0.25) is 4.79 Å². The first kappa shape index (κ1) is 12.4. The van der Waals surface area contributed by atoms with Crippen LogP contribution in [-0.4, -0.2) is 20.2 Å². The zero-order valence-corrected chi connectivity index (χ0v) is 11.7. The smallest absolute Gasteiger partial charge is 0.316 e. The summed E-state index contributed by atoms with van der Waals surface area (Å²) >= 11 is 3.44. The van der Waals surface area contributed by atoms with Crippen LogP contribution in [0.1, 0.15) is 18.9 Å². The predicted octanol–water partition coefficient (Wildman–Crippen LogP) is 2.91. The van der Waals surface area contributed by atoms with Crippen LogP contribution in [0.4, 0.5) is 0 Å². The van der Waals surface area contributed by atoms with Crippen molar-refractivity contribution in [3.63, 3.8) is 0 Å². The molecule has 0 aromatic heterocycles. The van der Waals surface area contributed by atoms with Gasteiger partial charge in [-0.2, -0.15) is 0 Å². The Bertz CT molecular complexity index is 458. The molecule has 1 aromatic carbocycles. The summed E-state index contributed by atoms with van der Waals surface area (Å²) in [5.41, 5.74) is 0.535. The number of carbonyl (C=O) groups is 1. The van der Waals surface area contributed by atoms with Gasteiger partial charge in [0.15, 0.2) is 0 Å². The molecule has 1 aliphatic carbocycles. The van der Waals surface area contributed by atoms with Gasteiger partial charge in [-0.05, 0) is 46.0 Å². The van der Waals surface area contributed by atoms with Crippen molar-refractivity contribution in [1.82, 2.24) is 0 Å². The van der Waals surface area contributed by atoms with Gasteiger partial charge in [0.1, 0.15) is 5.75 Å². The molecule has 0 saturated heterocycles. The number of rotatable bonds is 3. The average molecular weight is 299 g/mol. The SMILES string of the molecule is COC(=O)C1(c2ccc(OC)c(Br)c2)CC1C. The van der Waals surface area contributed by atoms with Gasteiger partial charge in [-0.1, -0.05) is 13.0 Å². The van der Waals surface area contributed by atoms with E-state index in [-0.39, 0.29) is 5.97 Å². The predicted molar refractivity (Wildman–Crippen MR) is 68.2 cm³/mol. The number of hydrogen-bond acceptors (Lipinski definition) is 3. The second-order valence-electron chi connectivity index (χ2n) is 4.42. The molecule has 3 nitrogen and oxygen atoms in total. The summed E-state index contributed by atoms with van der Waals surface area (Å²) in [6, 6.07) is 5.75. The van der Waals surface area contributed by atoms with Crippen LogP contribution in [0.3, 0.4) is 0 Å². The molecule has 92 valence electrons. The molecule has 1 fully saturated rings. The highest BCUT2D eigenvalue weighted by molar-refractivity contribution is 9.10. The third kappa shape index (κ3) is 1.84. The molecule has 0 spiro atoms. The molecule has 1 aliphatic rings. The molecule has 0 aliphatic heterocycles. The van der Waals surface area contributed by atoms with E-state index in [9.17, 15) is 4.79 Å². The van der Waals surface area contributed by atoms with Crippen LogP contribution in [0.2, 0.25) is 0 Å². The Kier molecular flexibility index (Phi) is 3.17. The molecule has 2 rings (SSSR count). The van der Waals surface area contributed by atoms with Gasteiger partial charge < -0.3 is 9.47 Å². The standard InChI is InChI=1S/C13H15BrO3/c1-8-7-13(8,12(15)17-3)9-4-5-11(16-2)10(14)6-9/h4-6,8H,7H2,1-3H3. The van der Waals surface area contributed by atoms with E-state index >= 15 is 0 Å². The fourth-order valence-corrected chi connectivity index (χ4v) is 2.90. The summed E-state index contributed by atoms with van der Waals surface area (Å²) in [6.07, 6.45) is 0.846. The lowest BCUT2D eigenvalue weighted by Crippen LogP contribution is -2.24. The Morgan fingerprint density at radius 2 is 2.12 bits per heavy atom. The second-order valence-corrected chi connectivity index (χ2v) is 5.27. The number of hydrogen-bond donors (Lipinski definition) is 0. The van der Waals surface area contributed by atoms with Gasteiger partial charge in [-0.25, -0.2) is 0 Å². The number of ether oxygens (including phenoxy) is 2. The first-order valence-electron chi connectivity index (χ1n) is 5.48. The van der Waals surface area contributed by atoms with Crippen LogP contribution in [0.15, 0.2) is 22.7 Å². The summed E-state index contributed by atoms with van der Waals surface area (Å²) in [6.45, 7) is 2.06. The van der Waals surface area contributed by atoms with Crippen molar-refractivity contribution in [1.29, 1.82) is 0 Å². The Morgan fingerprint density at radius 1 is 1.47 bits per heavy atom. The van der Waals surface area contributed by atoms with E-state index < -0.39 is 5.41 Å². The monoisotopic (exact) mass is 298 g/mol. The third-order valence-electron chi connectivity index (χ3n) is 3.53. The molecular formula is C13H15BrO3. The summed E-state index contributed by atoms with van der Waals surface area (Å²) in [7, 11) is 3.06. The normalized spacial score (nSPS) is 26.5. The van der Waals surface area contributed by atoms with Gasteiger partial charge in [0.05, 0.1) is 24.1 Å². The van der Waals surface area contributed by atoms with Crippen molar-refractivity contribution in [2.24, 2.45) is 5.92 Å². The summed E-state index contributed by atoms with van der Waals surface area (Å²) < 4.78 is 11.0. The minimum absolute atomic E-state index is 0.151. The highest BCUT2D eigenvalue weighted by Gasteiger charge is 2.59. The van der Waals surface area contributed by atoms with Gasteiger partial charge in [0, 0.05) is 0 Å². The second kappa shape index (κ2) is 4.33. The number of esters is 1. The highest BCUT2D eigenvalue weighted by Crippen LogP contribution is 2.55.